The second kappa shape index (κ2) is 8.72. The minimum atomic E-state index is 0.446. The van der Waals surface area contributed by atoms with Crippen molar-refractivity contribution in [2.24, 2.45) is 0 Å². The van der Waals surface area contributed by atoms with E-state index < -0.39 is 0 Å². The van der Waals surface area contributed by atoms with Gasteiger partial charge in [0.2, 0.25) is 0 Å². The molecule has 4 aromatic rings. The zero-order valence-corrected chi connectivity index (χ0v) is 18.3. The quantitative estimate of drug-likeness (QED) is 0.354. The normalized spacial score (nSPS) is 13.9. The highest BCUT2D eigenvalue weighted by Crippen LogP contribution is 2.30. The van der Waals surface area contributed by atoms with Crippen molar-refractivity contribution in [3.05, 3.63) is 54.4 Å². The van der Waals surface area contributed by atoms with Gasteiger partial charge < -0.3 is 15.1 Å². The lowest BCUT2D eigenvalue weighted by Crippen LogP contribution is -2.47. The highest BCUT2D eigenvalue weighted by Gasteiger charge is 2.24. The van der Waals surface area contributed by atoms with Crippen LogP contribution in [0.25, 0.3) is 10.9 Å². The first-order valence-electron chi connectivity index (χ1n) is 10.2. The van der Waals surface area contributed by atoms with E-state index in [1.807, 2.05) is 48.9 Å². The van der Waals surface area contributed by atoms with Crippen molar-refractivity contribution < 1.29 is 0 Å². The molecule has 0 spiro atoms. The molecule has 2 N–H and O–H groups in total. The Balaban J connectivity index is 1.43. The number of rotatable bonds is 5. The number of H-pyrrole nitrogens is 1. The van der Waals surface area contributed by atoms with Gasteiger partial charge in [0, 0.05) is 43.4 Å². The Bertz CT molecular complexity index is 1270. The Hall–Kier alpha value is -3.84. The maximum Gasteiger partial charge on any atom is 0.191 e. The SMILES string of the molecule is CSc1nc(Nc2ccc3[nH]ncc3c2)c(C#N)c(N2CCN(c3ccccn3)CC2)n1. The summed E-state index contributed by atoms with van der Waals surface area (Å²) >= 11 is 1.46. The summed E-state index contributed by atoms with van der Waals surface area (Å²) in [7, 11) is 0. The Kier molecular flexibility index (Phi) is 5.47. The molecule has 32 heavy (non-hydrogen) atoms. The van der Waals surface area contributed by atoms with Gasteiger partial charge >= 0.3 is 0 Å². The maximum absolute atomic E-state index is 10.0. The van der Waals surface area contributed by atoms with Crippen LogP contribution in [0.3, 0.4) is 0 Å². The summed E-state index contributed by atoms with van der Waals surface area (Å²) in [6, 6.07) is 14.1. The first kappa shape index (κ1) is 20.1. The van der Waals surface area contributed by atoms with Gasteiger partial charge in [-0.1, -0.05) is 17.8 Å². The van der Waals surface area contributed by atoms with Crippen LogP contribution in [0.5, 0.6) is 0 Å². The fourth-order valence-electron chi connectivity index (χ4n) is 3.79. The lowest BCUT2D eigenvalue weighted by molar-refractivity contribution is 0.637. The number of anilines is 4. The second-order valence-electron chi connectivity index (χ2n) is 7.33. The maximum atomic E-state index is 10.0. The number of hydrogen-bond donors (Lipinski definition) is 2. The fourth-order valence-corrected chi connectivity index (χ4v) is 4.15. The summed E-state index contributed by atoms with van der Waals surface area (Å²) in [4.78, 5) is 18.1. The summed E-state index contributed by atoms with van der Waals surface area (Å²) in [5.74, 6) is 2.15. The average Bonchev–Trinajstić information content (AvgIpc) is 3.32. The summed E-state index contributed by atoms with van der Waals surface area (Å²) in [5.41, 5.74) is 2.24. The number of piperazine rings is 1. The summed E-state index contributed by atoms with van der Waals surface area (Å²) in [5, 5.41) is 21.9. The minimum Gasteiger partial charge on any atom is -0.353 e. The van der Waals surface area contributed by atoms with Crippen LogP contribution in [-0.4, -0.2) is 57.6 Å². The molecule has 0 atom stereocenters. The van der Waals surface area contributed by atoms with E-state index in [0.717, 1.165) is 48.6 Å². The van der Waals surface area contributed by atoms with E-state index in [0.29, 0.717) is 22.4 Å². The zero-order chi connectivity index (χ0) is 21.9. The molecule has 5 rings (SSSR count). The van der Waals surface area contributed by atoms with Crippen molar-refractivity contribution >= 4 is 45.8 Å². The summed E-state index contributed by atoms with van der Waals surface area (Å²) in [6.45, 7) is 3.10. The first-order chi connectivity index (χ1) is 15.7. The predicted molar refractivity (Wildman–Crippen MR) is 127 cm³/mol. The van der Waals surface area contributed by atoms with Crippen LogP contribution in [0.4, 0.5) is 23.1 Å². The molecule has 160 valence electrons. The molecule has 0 amide bonds. The third-order valence-electron chi connectivity index (χ3n) is 5.42. The smallest absolute Gasteiger partial charge is 0.191 e. The molecule has 1 aromatic carbocycles. The molecule has 1 saturated heterocycles. The van der Waals surface area contributed by atoms with Crippen LogP contribution in [0.15, 0.2) is 53.9 Å². The van der Waals surface area contributed by atoms with Crippen molar-refractivity contribution in [2.45, 2.75) is 5.16 Å². The molecule has 0 aliphatic carbocycles. The zero-order valence-electron chi connectivity index (χ0n) is 17.5. The number of nitrogens with one attached hydrogen (secondary N) is 2. The standard InChI is InChI=1S/C22H21N9S/c1-32-22-27-20(26-16-5-6-18-15(12-16)14-25-29-18)17(13-23)21(28-22)31-10-8-30(9-11-31)19-4-2-3-7-24-19/h2-7,12,14H,8-11H2,1H3,(H,25,29)(H,26,27,28). The number of nitrogens with zero attached hydrogens (tertiary/aromatic N) is 7. The monoisotopic (exact) mass is 443 g/mol. The van der Waals surface area contributed by atoms with Gasteiger partial charge in [-0.2, -0.15) is 10.4 Å². The number of aromatic nitrogens is 5. The van der Waals surface area contributed by atoms with E-state index in [2.05, 4.69) is 41.4 Å². The third-order valence-corrected chi connectivity index (χ3v) is 5.97. The molecule has 0 bridgehead atoms. The topological polar surface area (TPSA) is 110 Å². The van der Waals surface area contributed by atoms with Crippen molar-refractivity contribution in [3.8, 4) is 6.07 Å². The number of thioether (sulfide) groups is 1. The third kappa shape index (κ3) is 3.90. The number of benzene rings is 1. The fraction of sp³-hybridized carbons (Fsp3) is 0.227. The van der Waals surface area contributed by atoms with E-state index in [1.54, 1.807) is 6.20 Å². The number of aromatic amines is 1. The molecule has 0 radical (unpaired) electrons. The molecule has 10 heteroatoms. The van der Waals surface area contributed by atoms with E-state index in [9.17, 15) is 5.26 Å². The van der Waals surface area contributed by atoms with Gasteiger partial charge in [0.05, 0.1) is 11.7 Å². The van der Waals surface area contributed by atoms with Crippen molar-refractivity contribution in [3.63, 3.8) is 0 Å². The van der Waals surface area contributed by atoms with Crippen molar-refractivity contribution in [1.29, 1.82) is 5.26 Å². The highest BCUT2D eigenvalue weighted by molar-refractivity contribution is 7.98. The van der Waals surface area contributed by atoms with Gasteiger partial charge in [-0.05, 0) is 36.6 Å². The second-order valence-corrected chi connectivity index (χ2v) is 8.10. The summed E-state index contributed by atoms with van der Waals surface area (Å²) < 4.78 is 0. The first-order valence-corrected chi connectivity index (χ1v) is 11.4. The van der Waals surface area contributed by atoms with Gasteiger partial charge in [-0.25, -0.2) is 15.0 Å². The molecule has 3 aromatic heterocycles. The molecule has 1 aliphatic heterocycles. The van der Waals surface area contributed by atoms with Crippen LogP contribution in [0.1, 0.15) is 5.56 Å². The molecular weight excluding hydrogens is 422 g/mol. The number of nitriles is 1. The minimum absolute atomic E-state index is 0.446. The molecule has 9 nitrogen and oxygen atoms in total. The van der Waals surface area contributed by atoms with Gasteiger partial charge in [-0.3, -0.25) is 5.10 Å². The molecule has 1 aliphatic rings. The molecule has 0 saturated carbocycles. The summed E-state index contributed by atoms with van der Waals surface area (Å²) in [6.07, 6.45) is 5.51. The average molecular weight is 444 g/mol. The Labute approximate surface area is 189 Å². The molecule has 4 heterocycles. The van der Waals surface area contributed by atoms with Crippen molar-refractivity contribution in [1.82, 2.24) is 25.1 Å². The Morgan fingerprint density at radius 1 is 1.09 bits per heavy atom. The van der Waals surface area contributed by atoms with E-state index in [-0.39, 0.29) is 0 Å². The van der Waals surface area contributed by atoms with E-state index in [4.69, 9.17) is 4.98 Å². The van der Waals surface area contributed by atoms with Gasteiger partial charge in [0.1, 0.15) is 17.5 Å². The highest BCUT2D eigenvalue weighted by atomic mass is 32.2. The van der Waals surface area contributed by atoms with Gasteiger partial charge in [0.25, 0.3) is 0 Å². The Morgan fingerprint density at radius 3 is 2.69 bits per heavy atom. The van der Waals surface area contributed by atoms with Crippen LogP contribution in [-0.2, 0) is 0 Å². The number of hydrogen-bond acceptors (Lipinski definition) is 9. The molecule has 1 fully saturated rings. The lowest BCUT2D eigenvalue weighted by atomic mass is 10.2. The predicted octanol–water partition coefficient (Wildman–Crippen LogP) is 3.41. The van der Waals surface area contributed by atoms with Gasteiger partial charge in [-0.15, -0.1) is 0 Å². The van der Waals surface area contributed by atoms with E-state index >= 15 is 0 Å². The molecule has 0 unspecified atom stereocenters. The van der Waals surface area contributed by atoms with Gasteiger partial charge in [0.15, 0.2) is 16.8 Å². The Morgan fingerprint density at radius 2 is 1.94 bits per heavy atom. The van der Waals surface area contributed by atoms with Crippen LogP contribution in [0.2, 0.25) is 0 Å². The lowest BCUT2D eigenvalue weighted by Gasteiger charge is -2.36. The van der Waals surface area contributed by atoms with Crippen LogP contribution < -0.4 is 15.1 Å². The van der Waals surface area contributed by atoms with Crippen LogP contribution in [0, 0.1) is 11.3 Å². The number of fused-ring (bicyclic) bond motifs is 1. The van der Waals surface area contributed by atoms with Crippen LogP contribution >= 0.6 is 11.8 Å². The van der Waals surface area contributed by atoms with E-state index in [1.165, 1.54) is 11.8 Å². The number of pyridine rings is 1. The largest absolute Gasteiger partial charge is 0.353 e. The van der Waals surface area contributed by atoms with Crippen molar-refractivity contribution in [2.75, 3.05) is 47.6 Å². The molecular formula is C22H21N9S.